The van der Waals surface area contributed by atoms with Crippen molar-refractivity contribution in [1.82, 2.24) is 0 Å². The largest absolute Gasteiger partial charge is 0.285 e. The summed E-state index contributed by atoms with van der Waals surface area (Å²) < 4.78 is 30.2. The molecular formula is C16H34O3S. The summed E-state index contributed by atoms with van der Waals surface area (Å²) in [5.41, 5.74) is 1.17. The van der Waals surface area contributed by atoms with Gasteiger partial charge in [0.15, 0.2) is 0 Å². The van der Waals surface area contributed by atoms with Crippen molar-refractivity contribution in [2.75, 3.05) is 0 Å². The van der Waals surface area contributed by atoms with E-state index in [1.54, 1.807) is 6.92 Å². The van der Waals surface area contributed by atoms with Crippen molar-refractivity contribution in [3.05, 3.63) is 12.2 Å². The number of rotatable bonds is 10. The third-order valence-corrected chi connectivity index (χ3v) is 4.23. The summed E-state index contributed by atoms with van der Waals surface area (Å²) in [5, 5.41) is -0.604. The van der Waals surface area contributed by atoms with Gasteiger partial charge < -0.3 is 0 Å². The monoisotopic (exact) mass is 306 g/mol. The summed E-state index contributed by atoms with van der Waals surface area (Å²) in [6.07, 6.45) is 10.2. The highest BCUT2D eigenvalue weighted by atomic mass is 32.2. The first-order chi connectivity index (χ1) is 9.21. The highest BCUT2D eigenvalue weighted by Crippen LogP contribution is 2.13. The minimum absolute atomic E-state index is 0.577. The van der Waals surface area contributed by atoms with E-state index >= 15 is 0 Å². The molecule has 0 aliphatic carbocycles. The Labute approximate surface area is 126 Å². The molecule has 3 nitrogen and oxygen atoms in total. The molecule has 0 saturated heterocycles. The van der Waals surface area contributed by atoms with Crippen LogP contribution < -0.4 is 0 Å². The van der Waals surface area contributed by atoms with Crippen LogP contribution in [0, 0.1) is 0 Å². The van der Waals surface area contributed by atoms with Crippen LogP contribution in [0.3, 0.4) is 0 Å². The lowest BCUT2D eigenvalue weighted by Gasteiger charge is -2.07. The number of hydrogen-bond donors (Lipinski definition) is 1. The normalized spacial score (nSPS) is 12.4. The molecule has 0 saturated carbocycles. The minimum Gasteiger partial charge on any atom is -0.285 e. The van der Waals surface area contributed by atoms with Crippen molar-refractivity contribution >= 4 is 10.1 Å². The van der Waals surface area contributed by atoms with Crippen molar-refractivity contribution in [2.24, 2.45) is 0 Å². The van der Waals surface area contributed by atoms with Gasteiger partial charge in [0.25, 0.3) is 10.1 Å². The first-order valence-corrected chi connectivity index (χ1v) is 9.30. The van der Waals surface area contributed by atoms with Crippen LogP contribution in [0.2, 0.25) is 0 Å². The maximum absolute atomic E-state index is 10.7. The van der Waals surface area contributed by atoms with Gasteiger partial charge in [0.1, 0.15) is 0 Å². The van der Waals surface area contributed by atoms with E-state index in [2.05, 4.69) is 13.5 Å². The van der Waals surface area contributed by atoms with Gasteiger partial charge in [-0.05, 0) is 27.2 Å². The Bertz CT molecular complexity index is 317. The molecule has 0 spiro atoms. The van der Waals surface area contributed by atoms with E-state index < -0.39 is 15.4 Å². The second kappa shape index (κ2) is 13.6. The van der Waals surface area contributed by atoms with Crippen molar-refractivity contribution in [3.63, 3.8) is 0 Å². The third kappa shape index (κ3) is 20.0. The summed E-state index contributed by atoms with van der Waals surface area (Å²) in [6.45, 7) is 11.3. The van der Waals surface area contributed by atoms with Crippen molar-refractivity contribution < 1.29 is 13.0 Å². The fourth-order valence-electron chi connectivity index (χ4n) is 1.71. The molecule has 1 atom stereocenters. The summed E-state index contributed by atoms with van der Waals surface area (Å²) >= 11 is 0. The van der Waals surface area contributed by atoms with Gasteiger partial charge in [-0.2, -0.15) is 8.42 Å². The van der Waals surface area contributed by atoms with Crippen LogP contribution in [-0.2, 0) is 10.1 Å². The molecule has 0 radical (unpaired) electrons. The van der Waals surface area contributed by atoms with E-state index in [0.29, 0.717) is 6.42 Å². The highest BCUT2D eigenvalue weighted by Gasteiger charge is 2.15. The first-order valence-electron chi connectivity index (χ1n) is 7.80. The Kier molecular flexibility index (Phi) is 14.9. The lowest BCUT2D eigenvalue weighted by Crippen LogP contribution is -2.16. The zero-order valence-corrected chi connectivity index (χ0v) is 14.6. The lowest BCUT2D eigenvalue weighted by atomic mass is 10.1. The van der Waals surface area contributed by atoms with E-state index in [9.17, 15) is 8.42 Å². The van der Waals surface area contributed by atoms with Gasteiger partial charge in [0.2, 0.25) is 0 Å². The molecule has 0 heterocycles. The molecule has 0 aromatic heterocycles. The van der Waals surface area contributed by atoms with Gasteiger partial charge in [0.05, 0.1) is 5.25 Å². The Morgan fingerprint density at radius 2 is 1.35 bits per heavy atom. The second-order valence-electron chi connectivity index (χ2n) is 5.80. The van der Waals surface area contributed by atoms with E-state index in [1.807, 2.05) is 13.8 Å². The van der Waals surface area contributed by atoms with Gasteiger partial charge in [0, 0.05) is 0 Å². The van der Waals surface area contributed by atoms with Crippen LogP contribution in [0.15, 0.2) is 12.2 Å². The van der Waals surface area contributed by atoms with Crippen LogP contribution in [0.25, 0.3) is 0 Å². The summed E-state index contributed by atoms with van der Waals surface area (Å²) in [7, 11) is -3.81. The maximum Gasteiger partial charge on any atom is 0.267 e. The summed E-state index contributed by atoms with van der Waals surface area (Å²) in [6, 6.07) is 0. The van der Waals surface area contributed by atoms with Crippen molar-refractivity contribution in [1.29, 1.82) is 0 Å². The molecule has 0 aliphatic rings. The summed E-state index contributed by atoms with van der Waals surface area (Å²) in [5.74, 6) is 0. The highest BCUT2D eigenvalue weighted by molar-refractivity contribution is 7.86. The lowest BCUT2D eigenvalue weighted by molar-refractivity contribution is 0.461. The van der Waals surface area contributed by atoms with Crippen LogP contribution in [0.4, 0.5) is 0 Å². The minimum atomic E-state index is -3.81. The predicted molar refractivity (Wildman–Crippen MR) is 88.7 cm³/mol. The number of hydrogen-bond acceptors (Lipinski definition) is 2. The smallest absolute Gasteiger partial charge is 0.267 e. The Balaban J connectivity index is 0. The van der Waals surface area contributed by atoms with Gasteiger partial charge in [-0.1, -0.05) is 63.9 Å². The first kappa shape index (κ1) is 21.9. The Morgan fingerprint density at radius 1 is 1.00 bits per heavy atom. The van der Waals surface area contributed by atoms with Gasteiger partial charge >= 0.3 is 0 Å². The molecule has 20 heavy (non-hydrogen) atoms. The van der Waals surface area contributed by atoms with Crippen LogP contribution >= 0.6 is 0 Å². The van der Waals surface area contributed by atoms with E-state index in [-0.39, 0.29) is 0 Å². The molecule has 0 aromatic carbocycles. The van der Waals surface area contributed by atoms with Crippen LogP contribution in [0.5, 0.6) is 0 Å². The Hall–Kier alpha value is -0.350. The topological polar surface area (TPSA) is 54.4 Å². The SMILES string of the molecule is C=C(C)C.CCCCCCCCCCC(C)S(=O)(=O)O. The standard InChI is InChI=1S/C12H26O3S.C4H8/c1-3-4-5-6-7-8-9-10-11-12(2)16(13,14)15;1-4(2)3/h12H,3-11H2,1-2H3,(H,13,14,15);1H2,2-3H3. The molecule has 0 bridgehead atoms. The molecule has 0 aromatic rings. The average molecular weight is 307 g/mol. The molecule has 122 valence electrons. The van der Waals surface area contributed by atoms with Crippen LogP contribution in [0.1, 0.15) is 85.5 Å². The quantitative estimate of drug-likeness (QED) is 0.335. The average Bonchev–Trinajstić information content (AvgIpc) is 2.30. The molecule has 4 heteroatoms. The fourth-order valence-corrected chi connectivity index (χ4v) is 2.18. The molecule has 0 amide bonds. The van der Waals surface area contributed by atoms with Crippen molar-refractivity contribution in [2.45, 2.75) is 90.7 Å². The predicted octanol–water partition coefficient (Wildman–Crippen LogP) is 5.38. The Morgan fingerprint density at radius 3 is 1.70 bits per heavy atom. The summed E-state index contributed by atoms with van der Waals surface area (Å²) in [4.78, 5) is 0. The van der Waals surface area contributed by atoms with Gasteiger partial charge in [-0.3, -0.25) is 4.55 Å². The molecule has 0 aliphatic heterocycles. The van der Waals surface area contributed by atoms with E-state index in [0.717, 1.165) is 12.8 Å². The third-order valence-electron chi connectivity index (χ3n) is 2.97. The zero-order chi connectivity index (χ0) is 16.0. The second-order valence-corrected chi connectivity index (χ2v) is 7.63. The zero-order valence-electron chi connectivity index (χ0n) is 13.8. The van der Waals surface area contributed by atoms with Gasteiger partial charge in [-0.15, -0.1) is 6.58 Å². The van der Waals surface area contributed by atoms with Crippen LogP contribution in [-0.4, -0.2) is 18.2 Å². The fraction of sp³-hybridized carbons (Fsp3) is 0.875. The molecule has 0 fully saturated rings. The van der Waals surface area contributed by atoms with E-state index in [4.69, 9.17) is 4.55 Å². The molecule has 0 rings (SSSR count). The number of unbranched alkanes of at least 4 members (excludes halogenated alkanes) is 7. The van der Waals surface area contributed by atoms with Gasteiger partial charge in [-0.25, -0.2) is 0 Å². The maximum atomic E-state index is 10.7. The van der Waals surface area contributed by atoms with Crippen molar-refractivity contribution in [3.8, 4) is 0 Å². The molecule has 1 unspecified atom stereocenters. The molecule has 1 N–H and O–H groups in total. The molecular weight excluding hydrogens is 272 g/mol. The number of allylic oxidation sites excluding steroid dienone is 1. The van der Waals surface area contributed by atoms with E-state index in [1.165, 1.54) is 44.1 Å².